The minimum Gasteiger partial charge on any atom is -0.423 e. The third-order valence-electron chi connectivity index (χ3n) is 6.01. The van der Waals surface area contributed by atoms with Crippen molar-refractivity contribution in [1.29, 1.82) is 0 Å². The zero-order chi connectivity index (χ0) is 23.0. The highest BCUT2D eigenvalue weighted by Gasteiger charge is 2.10. The van der Waals surface area contributed by atoms with Crippen molar-refractivity contribution >= 4 is 11.7 Å². The molecule has 0 saturated heterocycles. The van der Waals surface area contributed by atoms with Gasteiger partial charge in [0.05, 0.1) is 5.56 Å². The van der Waals surface area contributed by atoms with E-state index in [1.54, 1.807) is 12.1 Å². The summed E-state index contributed by atoms with van der Waals surface area (Å²) in [7, 11) is 0. The predicted molar refractivity (Wildman–Crippen MR) is 136 cm³/mol. The smallest absolute Gasteiger partial charge is 0.343 e. The summed E-state index contributed by atoms with van der Waals surface area (Å²) in [5, 5.41) is 0. The molecule has 0 amide bonds. The van der Waals surface area contributed by atoms with Crippen LogP contribution in [0.25, 0.3) is 0 Å². The van der Waals surface area contributed by atoms with Crippen molar-refractivity contribution in [3.05, 3.63) is 59.2 Å². The van der Waals surface area contributed by atoms with Crippen molar-refractivity contribution in [2.45, 2.75) is 104 Å². The first-order valence-electron chi connectivity index (χ1n) is 12.8. The van der Waals surface area contributed by atoms with E-state index in [4.69, 9.17) is 10.5 Å². The molecule has 0 spiro atoms. The van der Waals surface area contributed by atoms with Gasteiger partial charge in [0.15, 0.2) is 0 Å². The Morgan fingerprint density at radius 2 is 1.38 bits per heavy atom. The number of nitrogen functional groups attached to an aromatic ring is 1. The molecule has 2 aromatic rings. The summed E-state index contributed by atoms with van der Waals surface area (Å²) in [6.07, 6.45) is 18.8. The van der Waals surface area contributed by atoms with Gasteiger partial charge in [-0.15, -0.1) is 0 Å². The van der Waals surface area contributed by atoms with Gasteiger partial charge < -0.3 is 10.5 Å². The van der Waals surface area contributed by atoms with Gasteiger partial charge in [-0.3, -0.25) is 0 Å². The van der Waals surface area contributed by atoms with E-state index >= 15 is 0 Å². The number of carbonyl (C=O) groups excluding carboxylic acids is 1. The highest BCUT2D eigenvalue weighted by atomic mass is 16.5. The van der Waals surface area contributed by atoms with Crippen LogP contribution in [-0.4, -0.2) is 5.97 Å². The van der Waals surface area contributed by atoms with Crippen LogP contribution in [0.3, 0.4) is 0 Å². The minimum absolute atomic E-state index is 0.362. The first kappa shape index (κ1) is 26.0. The molecule has 2 rings (SSSR count). The molecule has 2 aromatic carbocycles. The van der Waals surface area contributed by atoms with Crippen LogP contribution in [-0.2, 0) is 6.42 Å². The molecule has 176 valence electrons. The Morgan fingerprint density at radius 1 is 0.781 bits per heavy atom. The largest absolute Gasteiger partial charge is 0.423 e. The fourth-order valence-electron chi connectivity index (χ4n) is 4.21. The topological polar surface area (TPSA) is 52.3 Å². The van der Waals surface area contributed by atoms with E-state index < -0.39 is 0 Å². The molecule has 0 radical (unpaired) electrons. The lowest BCUT2D eigenvalue weighted by Gasteiger charge is -2.08. The maximum Gasteiger partial charge on any atom is 0.343 e. The van der Waals surface area contributed by atoms with Gasteiger partial charge in [-0.05, 0) is 61.2 Å². The summed E-state index contributed by atoms with van der Waals surface area (Å²) in [6.45, 7) is 4.20. The van der Waals surface area contributed by atoms with E-state index in [1.807, 2.05) is 31.2 Å². The molecule has 0 unspecified atom stereocenters. The van der Waals surface area contributed by atoms with Crippen molar-refractivity contribution in [2.75, 3.05) is 5.73 Å². The number of benzene rings is 2. The maximum absolute atomic E-state index is 12.4. The van der Waals surface area contributed by atoms with Crippen LogP contribution in [0, 0.1) is 6.92 Å². The summed E-state index contributed by atoms with van der Waals surface area (Å²) in [4.78, 5) is 12.4. The van der Waals surface area contributed by atoms with Crippen molar-refractivity contribution in [3.8, 4) is 5.75 Å². The van der Waals surface area contributed by atoms with E-state index in [-0.39, 0.29) is 5.97 Å². The summed E-state index contributed by atoms with van der Waals surface area (Å²) >= 11 is 0. The number of hydrogen-bond donors (Lipinski definition) is 1. The molecule has 32 heavy (non-hydrogen) atoms. The van der Waals surface area contributed by atoms with Gasteiger partial charge in [0.1, 0.15) is 5.75 Å². The van der Waals surface area contributed by atoms with Crippen LogP contribution in [0.15, 0.2) is 42.5 Å². The molecular weight excluding hydrogens is 394 g/mol. The monoisotopic (exact) mass is 437 g/mol. The van der Waals surface area contributed by atoms with Gasteiger partial charge in [0.25, 0.3) is 0 Å². The molecule has 0 bridgehead atoms. The SMILES string of the molecule is CCCCCCCCCCCCCCCc1cccc(OC(=O)c2cc(C)cc(N)c2)c1. The number of anilines is 1. The van der Waals surface area contributed by atoms with Crippen LogP contribution in [0.2, 0.25) is 0 Å². The standard InChI is InChI=1S/C29H43NO2/c1-3-4-5-6-7-8-9-10-11-12-13-14-15-17-25-18-16-19-28(22-25)32-29(31)26-20-24(2)21-27(30)23-26/h16,18-23H,3-15,17,30H2,1-2H3. The second kappa shape index (κ2) is 15.5. The molecule has 0 heterocycles. The average Bonchev–Trinajstić information content (AvgIpc) is 2.76. The Morgan fingerprint density at radius 3 is 1.97 bits per heavy atom. The van der Waals surface area contributed by atoms with E-state index in [1.165, 1.54) is 89.0 Å². The fraction of sp³-hybridized carbons (Fsp3) is 0.552. The van der Waals surface area contributed by atoms with Crippen LogP contribution >= 0.6 is 0 Å². The van der Waals surface area contributed by atoms with Gasteiger partial charge in [-0.25, -0.2) is 4.79 Å². The second-order valence-corrected chi connectivity index (χ2v) is 9.16. The van der Waals surface area contributed by atoms with Crippen molar-refractivity contribution in [2.24, 2.45) is 0 Å². The highest BCUT2D eigenvalue weighted by Crippen LogP contribution is 2.19. The highest BCUT2D eigenvalue weighted by molar-refractivity contribution is 5.92. The Hall–Kier alpha value is -2.29. The molecule has 0 aliphatic carbocycles. The number of unbranched alkanes of at least 4 members (excludes halogenated alkanes) is 12. The van der Waals surface area contributed by atoms with Crippen LogP contribution in [0.5, 0.6) is 5.75 Å². The molecule has 0 atom stereocenters. The van der Waals surface area contributed by atoms with Gasteiger partial charge in [-0.2, -0.15) is 0 Å². The molecule has 2 N–H and O–H groups in total. The lowest BCUT2D eigenvalue weighted by Crippen LogP contribution is -2.09. The lowest BCUT2D eigenvalue weighted by molar-refractivity contribution is 0.0734. The van der Waals surface area contributed by atoms with Gasteiger partial charge >= 0.3 is 5.97 Å². The number of carbonyl (C=O) groups is 1. The van der Waals surface area contributed by atoms with E-state index in [0.717, 1.165) is 12.0 Å². The third kappa shape index (κ3) is 10.8. The Balaban J connectivity index is 1.58. The van der Waals surface area contributed by atoms with E-state index in [0.29, 0.717) is 17.0 Å². The lowest BCUT2D eigenvalue weighted by atomic mass is 10.0. The first-order chi connectivity index (χ1) is 15.6. The quantitative estimate of drug-likeness (QED) is 0.124. The molecule has 0 fully saturated rings. The molecule has 0 saturated carbocycles. The number of aryl methyl sites for hydroxylation is 2. The third-order valence-corrected chi connectivity index (χ3v) is 6.01. The van der Waals surface area contributed by atoms with Crippen LogP contribution in [0.4, 0.5) is 5.69 Å². The van der Waals surface area contributed by atoms with Crippen molar-refractivity contribution < 1.29 is 9.53 Å². The number of rotatable bonds is 16. The number of esters is 1. The molecule has 3 nitrogen and oxygen atoms in total. The molecule has 0 aliphatic heterocycles. The van der Waals surface area contributed by atoms with Crippen LogP contribution in [0.1, 0.15) is 112 Å². The van der Waals surface area contributed by atoms with E-state index in [9.17, 15) is 4.79 Å². The van der Waals surface area contributed by atoms with Crippen molar-refractivity contribution in [1.82, 2.24) is 0 Å². The Kier molecular flexibility index (Phi) is 12.6. The normalized spacial score (nSPS) is 10.9. The average molecular weight is 438 g/mol. The predicted octanol–water partition coefficient (Wildman–Crippen LogP) is 8.43. The molecular formula is C29H43NO2. The van der Waals surface area contributed by atoms with Gasteiger partial charge in [-0.1, -0.05) is 96.1 Å². The number of ether oxygens (including phenoxy) is 1. The number of hydrogen-bond acceptors (Lipinski definition) is 3. The molecule has 0 aromatic heterocycles. The summed E-state index contributed by atoms with van der Waals surface area (Å²) in [5.74, 6) is 0.237. The second-order valence-electron chi connectivity index (χ2n) is 9.16. The Bertz CT molecular complexity index is 779. The van der Waals surface area contributed by atoms with E-state index in [2.05, 4.69) is 13.0 Å². The van der Waals surface area contributed by atoms with Gasteiger partial charge in [0.2, 0.25) is 0 Å². The summed E-state index contributed by atoms with van der Waals surface area (Å²) in [6, 6.07) is 13.2. The maximum atomic E-state index is 12.4. The minimum atomic E-state index is -0.362. The fourth-order valence-corrected chi connectivity index (χ4v) is 4.21. The molecule has 0 aliphatic rings. The zero-order valence-corrected chi connectivity index (χ0v) is 20.3. The van der Waals surface area contributed by atoms with Crippen LogP contribution < -0.4 is 10.5 Å². The summed E-state index contributed by atoms with van der Waals surface area (Å²) < 4.78 is 5.58. The summed E-state index contributed by atoms with van der Waals surface area (Å²) in [5.41, 5.74) is 9.09. The van der Waals surface area contributed by atoms with Crippen molar-refractivity contribution in [3.63, 3.8) is 0 Å². The number of nitrogens with two attached hydrogens (primary N) is 1. The zero-order valence-electron chi connectivity index (χ0n) is 20.3. The Labute approximate surface area is 195 Å². The van der Waals surface area contributed by atoms with Gasteiger partial charge in [0, 0.05) is 5.69 Å². The molecule has 3 heteroatoms. The first-order valence-corrected chi connectivity index (χ1v) is 12.8.